The molecule has 2 atom stereocenters. The monoisotopic (exact) mass is 262 g/mol. The van der Waals surface area contributed by atoms with Gasteiger partial charge in [0.25, 0.3) is 0 Å². The summed E-state index contributed by atoms with van der Waals surface area (Å²) >= 11 is 0. The highest BCUT2D eigenvalue weighted by Gasteiger charge is 2.21. The van der Waals surface area contributed by atoms with Gasteiger partial charge >= 0.3 is 0 Å². The first kappa shape index (κ1) is 14.5. The number of benzene rings is 1. The molecule has 1 aliphatic rings. The SMILES string of the molecule is CC(C)Cc1cccc(C(CC2CCCO2)NN)c1. The average molecular weight is 262 g/mol. The smallest absolute Gasteiger partial charge is 0.0594 e. The van der Waals surface area contributed by atoms with Gasteiger partial charge in [0, 0.05) is 12.6 Å². The second-order valence-electron chi connectivity index (χ2n) is 5.93. The number of hydrogen-bond acceptors (Lipinski definition) is 3. The molecule has 1 heterocycles. The first-order valence-corrected chi connectivity index (χ1v) is 7.35. The Bertz CT molecular complexity index is 386. The molecule has 2 rings (SSSR count). The minimum atomic E-state index is 0.190. The Hall–Kier alpha value is -0.900. The number of nitrogens with two attached hydrogens (primary N) is 1. The minimum absolute atomic E-state index is 0.190. The maximum atomic E-state index is 5.73. The van der Waals surface area contributed by atoms with E-state index in [0.717, 1.165) is 25.9 Å². The third kappa shape index (κ3) is 4.30. The quantitative estimate of drug-likeness (QED) is 0.612. The fourth-order valence-corrected chi connectivity index (χ4v) is 2.80. The molecule has 0 aliphatic carbocycles. The lowest BCUT2D eigenvalue weighted by Crippen LogP contribution is -2.31. The van der Waals surface area contributed by atoms with Crippen LogP contribution in [0.15, 0.2) is 24.3 Å². The lowest BCUT2D eigenvalue weighted by Gasteiger charge is -2.20. The molecule has 1 aromatic carbocycles. The Morgan fingerprint density at radius 2 is 2.26 bits per heavy atom. The molecule has 1 saturated heterocycles. The van der Waals surface area contributed by atoms with Gasteiger partial charge in [0.15, 0.2) is 0 Å². The van der Waals surface area contributed by atoms with Crippen molar-refractivity contribution >= 4 is 0 Å². The van der Waals surface area contributed by atoms with E-state index in [2.05, 4.69) is 43.5 Å². The largest absolute Gasteiger partial charge is 0.378 e. The maximum absolute atomic E-state index is 5.73. The summed E-state index contributed by atoms with van der Waals surface area (Å²) in [5.41, 5.74) is 5.61. The van der Waals surface area contributed by atoms with E-state index in [9.17, 15) is 0 Å². The van der Waals surface area contributed by atoms with Gasteiger partial charge in [-0.3, -0.25) is 11.3 Å². The Morgan fingerprint density at radius 1 is 1.42 bits per heavy atom. The van der Waals surface area contributed by atoms with E-state index in [-0.39, 0.29) is 6.04 Å². The molecule has 0 saturated carbocycles. The number of hydrogen-bond donors (Lipinski definition) is 2. The van der Waals surface area contributed by atoms with Gasteiger partial charge in [-0.1, -0.05) is 38.1 Å². The molecule has 0 radical (unpaired) electrons. The highest BCUT2D eigenvalue weighted by atomic mass is 16.5. The number of rotatable bonds is 6. The van der Waals surface area contributed by atoms with Gasteiger partial charge < -0.3 is 4.74 Å². The summed E-state index contributed by atoms with van der Waals surface area (Å²) in [7, 11) is 0. The Kier molecular flexibility index (Phi) is 5.37. The van der Waals surface area contributed by atoms with Crippen molar-refractivity contribution in [2.45, 2.75) is 51.7 Å². The number of hydrazine groups is 1. The zero-order valence-corrected chi connectivity index (χ0v) is 12.1. The predicted molar refractivity (Wildman–Crippen MR) is 78.6 cm³/mol. The van der Waals surface area contributed by atoms with Gasteiger partial charge in [-0.15, -0.1) is 0 Å². The Labute approximate surface area is 116 Å². The summed E-state index contributed by atoms with van der Waals surface area (Å²) in [6, 6.07) is 8.95. The molecule has 1 fully saturated rings. The van der Waals surface area contributed by atoms with E-state index >= 15 is 0 Å². The molecule has 1 aliphatic heterocycles. The van der Waals surface area contributed by atoms with Crippen LogP contribution < -0.4 is 11.3 Å². The average Bonchev–Trinajstić information content (AvgIpc) is 2.88. The molecule has 0 spiro atoms. The van der Waals surface area contributed by atoms with Crippen LogP contribution in [0.3, 0.4) is 0 Å². The van der Waals surface area contributed by atoms with Crippen LogP contribution >= 0.6 is 0 Å². The van der Waals surface area contributed by atoms with Crippen LogP contribution in [-0.4, -0.2) is 12.7 Å². The number of ether oxygens (including phenoxy) is 1. The van der Waals surface area contributed by atoms with Crippen molar-refractivity contribution in [1.29, 1.82) is 0 Å². The van der Waals surface area contributed by atoms with Crippen molar-refractivity contribution in [3.63, 3.8) is 0 Å². The topological polar surface area (TPSA) is 47.3 Å². The third-order valence-electron chi connectivity index (χ3n) is 3.72. The van der Waals surface area contributed by atoms with Crippen molar-refractivity contribution in [1.82, 2.24) is 5.43 Å². The second kappa shape index (κ2) is 7.04. The molecular weight excluding hydrogens is 236 g/mol. The van der Waals surface area contributed by atoms with Crippen LogP contribution in [0.5, 0.6) is 0 Å². The van der Waals surface area contributed by atoms with Crippen LogP contribution in [0, 0.1) is 5.92 Å². The lowest BCUT2D eigenvalue weighted by atomic mass is 9.95. The fraction of sp³-hybridized carbons (Fsp3) is 0.625. The van der Waals surface area contributed by atoms with Crippen LogP contribution in [0.4, 0.5) is 0 Å². The molecular formula is C16H26N2O. The lowest BCUT2D eigenvalue weighted by molar-refractivity contribution is 0.0946. The van der Waals surface area contributed by atoms with Crippen molar-refractivity contribution in [2.24, 2.45) is 11.8 Å². The molecule has 19 heavy (non-hydrogen) atoms. The minimum Gasteiger partial charge on any atom is -0.378 e. The maximum Gasteiger partial charge on any atom is 0.0594 e. The molecule has 2 unspecified atom stereocenters. The molecule has 0 aromatic heterocycles. The normalized spacial score (nSPS) is 20.9. The zero-order valence-electron chi connectivity index (χ0n) is 12.1. The summed E-state index contributed by atoms with van der Waals surface area (Å²) < 4.78 is 5.71. The van der Waals surface area contributed by atoms with Crippen molar-refractivity contribution in [2.75, 3.05) is 6.61 Å². The van der Waals surface area contributed by atoms with E-state index in [4.69, 9.17) is 10.6 Å². The van der Waals surface area contributed by atoms with Crippen molar-refractivity contribution in [3.8, 4) is 0 Å². The van der Waals surface area contributed by atoms with E-state index in [1.54, 1.807) is 0 Å². The van der Waals surface area contributed by atoms with Gasteiger partial charge in [-0.05, 0) is 42.7 Å². The van der Waals surface area contributed by atoms with Crippen LogP contribution in [-0.2, 0) is 11.2 Å². The molecule has 1 aromatic rings. The Morgan fingerprint density at radius 3 is 2.89 bits per heavy atom. The third-order valence-corrected chi connectivity index (χ3v) is 3.72. The van der Waals surface area contributed by atoms with Gasteiger partial charge in [-0.2, -0.15) is 0 Å². The summed E-state index contributed by atoms with van der Waals surface area (Å²) in [4.78, 5) is 0. The Balaban J connectivity index is 2.04. The van der Waals surface area contributed by atoms with Gasteiger partial charge in [0.2, 0.25) is 0 Å². The van der Waals surface area contributed by atoms with Gasteiger partial charge in [0.1, 0.15) is 0 Å². The van der Waals surface area contributed by atoms with Crippen LogP contribution in [0.2, 0.25) is 0 Å². The molecule has 0 bridgehead atoms. The highest BCUT2D eigenvalue weighted by molar-refractivity contribution is 5.26. The van der Waals surface area contributed by atoms with Crippen LogP contribution in [0.25, 0.3) is 0 Å². The van der Waals surface area contributed by atoms with E-state index in [0.29, 0.717) is 12.0 Å². The summed E-state index contributed by atoms with van der Waals surface area (Å²) in [6.45, 7) is 5.39. The van der Waals surface area contributed by atoms with E-state index in [1.165, 1.54) is 17.5 Å². The highest BCUT2D eigenvalue weighted by Crippen LogP contribution is 2.25. The molecule has 3 N–H and O–H groups in total. The molecule has 0 amide bonds. The van der Waals surface area contributed by atoms with Gasteiger partial charge in [0.05, 0.1) is 6.10 Å². The fourth-order valence-electron chi connectivity index (χ4n) is 2.80. The molecule has 3 heteroatoms. The van der Waals surface area contributed by atoms with Crippen LogP contribution in [0.1, 0.15) is 50.3 Å². The molecule has 106 valence electrons. The van der Waals surface area contributed by atoms with E-state index < -0.39 is 0 Å². The summed E-state index contributed by atoms with van der Waals surface area (Å²) in [6.07, 6.45) is 4.76. The van der Waals surface area contributed by atoms with Crippen molar-refractivity contribution in [3.05, 3.63) is 35.4 Å². The molecule has 3 nitrogen and oxygen atoms in total. The first-order valence-electron chi connectivity index (χ1n) is 7.35. The number of nitrogens with one attached hydrogen (secondary N) is 1. The van der Waals surface area contributed by atoms with E-state index in [1.807, 2.05) is 0 Å². The second-order valence-corrected chi connectivity index (χ2v) is 5.93. The zero-order chi connectivity index (χ0) is 13.7. The summed E-state index contributed by atoms with van der Waals surface area (Å²) in [5.74, 6) is 6.41. The predicted octanol–water partition coefficient (Wildman–Crippen LogP) is 2.96. The van der Waals surface area contributed by atoms with Gasteiger partial charge in [-0.25, -0.2) is 0 Å². The van der Waals surface area contributed by atoms with Crippen molar-refractivity contribution < 1.29 is 4.74 Å². The first-order chi connectivity index (χ1) is 9.19. The summed E-state index contributed by atoms with van der Waals surface area (Å²) in [5, 5.41) is 0. The standard InChI is InChI=1S/C16H26N2O/c1-12(2)9-13-5-3-6-14(10-13)16(18-17)11-15-7-4-8-19-15/h3,5-6,10,12,15-16,18H,4,7-9,11,17H2,1-2H3.